The van der Waals surface area contributed by atoms with Gasteiger partial charge in [0.2, 0.25) is 0 Å². The Labute approximate surface area is 140 Å². The molecule has 122 valence electrons. The van der Waals surface area contributed by atoms with E-state index in [1.165, 1.54) is 29.5 Å². The highest BCUT2D eigenvalue weighted by Gasteiger charge is 2.24. The maximum Gasteiger partial charge on any atom is 0.254 e. The summed E-state index contributed by atoms with van der Waals surface area (Å²) in [5.41, 5.74) is 7.03. The van der Waals surface area contributed by atoms with Crippen LogP contribution in [0, 0.1) is 0 Å². The number of aryl methyl sites for hydroxylation is 2. The fraction of sp³-hybridized carbons (Fsp3) is 0.368. The summed E-state index contributed by atoms with van der Waals surface area (Å²) >= 11 is 0. The van der Waals surface area contributed by atoms with E-state index < -0.39 is 0 Å². The minimum atomic E-state index is 0.120. The first-order chi connectivity index (χ1) is 11.8. The van der Waals surface area contributed by atoms with Crippen molar-refractivity contribution < 1.29 is 4.79 Å². The number of rotatable bonds is 1. The summed E-state index contributed by atoms with van der Waals surface area (Å²) in [7, 11) is 0. The molecule has 5 nitrogen and oxygen atoms in total. The summed E-state index contributed by atoms with van der Waals surface area (Å²) in [6.45, 7) is 1.39. The van der Waals surface area contributed by atoms with Crippen molar-refractivity contribution in [2.75, 3.05) is 6.54 Å². The molecular weight excluding hydrogens is 300 g/mol. The van der Waals surface area contributed by atoms with Gasteiger partial charge in [-0.05, 0) is 49.4 Å². The van der Waals surface area contributed by atoms with Gasteiger partial charge < -0.3 is 9.88 Å². The monoisotopic (exact) mass is 320 g/mol. The lowest BCUT2D eigenvalue weighted by Crippen LogP contribution is -2.35. The molecule has 1 aromatic carbocycles. The molecule has 1 aliphatic heterocycles. The lowest BCUT2D eigenvalue weighted by molar-refractivity contribution is 0.0734. The van der Waals surface area contributed by atoms with Gasteiger partial charge in [-0.25, -0.2) is 0 Å². The molecule has 0 spiro atoms. The molecule has 0 radical (unpaired) electrons. The summed E-state index contributed by atoms with van der Waals surface area (Å²) in [5, 5.41) is 8.34. The molecule has 2 N–H and O–H groups in total. The molecule has 0 fully saturated rings. The molecule has 5 heteroatoms. The molecule has 3 aromatic rings. The number of nitrogens with one attached hydrogen (secondary N) is 2. The summed E-state index contributed by atoms with van der Waals surface area (Å²) in [6, 6.07) is 6.11. The van der Waals surface area contributed by atoms with E-state index in [9.17, 15) is 4.79 Å². The fourth-order valence-corrected chi connectivity index (χ4v) is 4.12. The average Bonchev–Trinajstić information content (AvgIpc) is 3.24. The Kier molecular flexibility index (Phi) is 3.01. The molecule has 5 rings (SSSR count). The standard InChI is InChI=1S/C19H20N4O/c24-19(23-8-7-16-13(11-23)10-20-22-16)12-5-6-18-15(9-12)14-3-1-2-4-17(14)21-18/h5-6,9-10,21H,1-4,7-8,11H2,(H,20,22). The second kappa shape index (κ2) is 5.23. The molecule has 2 aromatic heterocycles. The third-order valence-electron chi connectivity index (χ3n) is 5.43. The molecule has 1 aliphatic carbocycles. The number of aromatic amines is 2. The summed E-state index contributed by atoms with van der Waals surface area (Å²) in [6.07, 6.45) is 7.43. The molecule has 0 atom stereocenters. The minimum Gasteiger partial charge on any atom is -0.358 e. The highest BCUT2D eigenvalue weighted by atomic mass is 16.2. The summed E-state index contributed by atoms with van der Waals surface area (Å²) in [4.78, 5) is 18.4. The van der Waals surface area contributed by atoms with Gasteiger partial charge in [0.15, 0.2) is 0 Å². The van der Waals surface area contributed by atoms with Gasteiger partial charge in [-0.2, -0.15) is 5.10 Å². The summed E-state index contributed by atoms with van der Waals surface area (Å²) < 4.78 is 0. The molecule has 24 heavy (non-hydrogen) atoms. The van der Waals surface area contributed by atoms with E-state index in [0.29, 0.717) is 6.54 Å². The van der Waals surface area contributed by atoms with Crippen molar-refractivity contribution in [3.8, 4) is 0 Å². The highest BCUT2D eigenvalue weighted by molar-refractivity contribution is 5.99. The van der Waals surface area contributed by atoms with E-state index in [4.69, 9.17) is 0 Å². The number of benzene rings is 1. The van der Waals surface area contributed by atoms with Crippen LogP contribution in [0.5, 0.6) is 0 Å². The lowest BCUT2D eigenvalue weighted by atomic mass is 9.95. The zero-order valence-corrected chi connectivity index (χ0v) is 13.6. The van der Waals surface area contributed by atoms with Crippen LogP contribution in [0.25, 0.3) is 10.9 Å². The van der Waals surface area contributed by atoms with Crippen molar-refractivity contribution in [3.63, 3.8) is 0 Å². The number of H-pyrrole nitrogens is 2. The Morgan fingerprint density at radius 3 is 3.00 bits per heavy atom. The predicted octanol–water partition coefficient (Wildman–Crippen LogP) is 2.97. The van der Waals surface area contributed by atoms with Crippen molar-refractivity contribution in [1.29, 1.82) is 0 Å². The van der Waals surface area contributed by atoms with E-state index in [1.54, 1.807) is 0 Å². The molecule has 2 aliphatic rings. The van der Waals surface area contributed by atoms with E-state index in [-0.39, 0.29) is 5.91 Å². The van der Waals surface area contributed by atoms with Crippen LogP contribution in [0.2, 0.25) is 0 Å². The Balaban J connectivity index is 1.49. The normalized spacial score (nSPS) is 16.9. The predicted molar refractivity (Wildman–Crippen MR) is 92.0 cm³/mol. The molecule has 0 bridgehead atoms. The maximum absolute atomic E-state index is 13.0. The molecule has 0 saturated carbocycles. The number of fused-ring (bicyclic) bond motifs is 4. The second-order valence-electron chi connectivity index (χ2n) is 6.90. The number of carbonyl (C=O) groups excluding carboxylic acids is 1. The number of aromatic nitrogens is 3. The molecular formula is C19H20N4O. The van der Waals surface area contributed by atoms with Crippen molar-refractivity contribution in [1.82, 2.24) is 20.1 Å². The van der Waals surface area contributed by atoms with Crippen LogP contribution in [0.1, 0.15) is 45.7 Å². The average molecular weight is 320 g/mol. The first kappa shape index (κ1) is 13.8. The number of nitrogens with zero attached hydrogens (tertiary/aromatic N) is 2. The van der Waals surface area contributed by atoms with E-state index >= 15 is 0 Å². The van der Waals surface area contributed by atoms with Gasteiger partial charge in [0, 0.05) is 52.9 Å². The van der Waals surface area contributed by atoms with Crippen LogP contribution in [-0.2, 0) is 25.8 Å². The Hall–Kier alpha value is -2.56. The Morgan fingerprint density at radius 2 is 2.04 bits per heavy atom. The molecule has 1 amide bonds. The SMILES string of the molecule is O=C(c1ccc2[nH]c3c(c2c1)CCCC3)N1CCc2[nH]ncc2C1. The number of hydrogen-bond acceptors (Lipinski definition) is 2. The third kappa shape index (κ3) is 2.08. The van der Waals surface area contributed by atoms with Crippen LogP contribution in [-0.4, -0.2) is 32.5 Å². The van der Waals surface area contributed by atoms with Crippen molar-refractivity contribution in [2.24, 2.45) is 0 Å². The fourth-order valence-electron chi connectivity index (χ4n) is 4.12. The first-order valence-corrected chi connectivity index (χ1v) is 8.73. The van der Waals surface area contributed by atoms with Crippen molar-refractivity contribution >= 4 is 16.8 Å². The quantitative estimate of drug-likeness (QED) is 0.724. The topological polar surface area (TPSA) is 64.8 Å². The third-order valence-corrected chi connectivity index (χ3v) is 5.43. The molecule has 0 unspecified atom stereocenters. The molecule has 3 heterocycles. The van der Waals surface area contributed by atoms with Crippen molar-refractivity contribution in [3.05, 3.63) is 52.5 Å². The van der Waals surface area contributed by atoms with Gasteiger partial charge in [-0.3, -0.25) is 9.89 Å². The van der Waals surface area contributed by atoms with Crippen LogP contribution in [0.15, 0.2) is 24.4 Å². The number of hydrogen-bond donors (Lipinski definition) is 2. The van der Waals surface area contributed by atoms with Crippen LogP contribution < -0.4 is 0 Å². The van der Waals surface area contributed by atoms with Crippen LogP contribution in [0.3, 0.4) is 0 Å². The number of amides is 1. The second-order valence-corrected chi connectivity index (χ2v) is 6.90. The smallest absolute Gasteiger partial charge is 0.254 e. The molecule has 0 saturated heterocycles. The Morgan fingerprint density at radius 1 is 1.12 bits per heavy atom. The van der Waals surface area contributed by atoms with Crippen LogP contribution in [0.4, 0.5) is 0 Å². The van der Waals surface area contributed by atoms with E-state index in [2.05, 4.69) is 27.3 Å². The van der Waals surface area contributed by atoms with Gasteiger partial charge in [0.05, 0.1) is 6.20 Å². The largest absolute Gasteiger partial charge is 0.358 e. The van der Waals surface area contributed by atoms with Crippen LogP contribution >= 0.6 is 0 Å². The zero-order valence-electron chi connectivity index (χ0n) is 13.6. The first-order valence-electron chi connectivity index (χ1n) is 8.73. The number of carbonyl (C=O) groups is 1. The Bertz CT molecular complexity index is 936. The highest BCUT2D eigenvalue weighted by Crippen LogP contribution is 2.30. The van der Waals surface area contributed by atoms with Gasteiger partial charge in [-0.15, -0.1) is 0 Å². The zero-order chi connectivity index (χ0) is 16.1. The summed E-state index contributed by atoms with van der Waals surface area (Å²) in [5.74, 6) is 0.120. The van der Waals surface area contributed by atoms with Crippen molar-refractivity contribution in [2.45, 2.75) is 38.6 Å². The van der Waals surface area contributed by atoms with Gasteiger partial charge in [0.25, 0.3) is 5.91 Å². The van der Waals surface area contributed by atoms with E-state index in [1.807, 2.05) is 17.2 Å². The van der Waals surface area contributed by atoms with Gasteiger partial charge in [0.1, 0.15) is 0 Å². The van der Waals surface area contributed by atoms with Gasteiger partial charge >= 0.3 is 0 Å². The maximum atomic E-state index is 13.0. The minimum absolute atomic E-state index is 0.120. The lowest BCUT2D eigenvalue weighted by Gasteiger charge is -2.26. The van der Waals surface area contributed by atoms with E-state index in [0.717, 1.165) is 48.1 Å². The van der Waals surface area contributed by atoms with Gasteiger partial charge in [-0.1, -0.05) is 0 Å².